The lowest BCUT2D eigenvalue weighted by molar-refractivity contribution is 0.127. The first-order chi connectivity index (χ1) is 8.84. The van der Waals surface area contributed by atoms with Crippen LogP contribution in [0.4, 0.5) is 0 Å². The van der Waals surface area contributed by atoms with Crippen molar-refractivity contribution in [2.45, 2.75) is 45.4 Å². The molecule has 5 nitrogen and oxygen atoms in total. The molecule has 1 aromatic heterocycles. The lowest BCUT2D eigenvalue weighted by Crippen LogP contribution is -2.40. The van der Waals surface area contributed by atoms with E-state index in [4.69, 9.17) is 4.42 Å². The van der Waals surface area contributed by atoms with Crippen LogP contribution in [0.1, 0.15) is 39.1 Å². The summed E-state index contributed by atoms with van der Waals surface area (Å²) in [7, 11) is -2.98. The molecule has 0 aromatic carbocycles. The topological polar surface area (TPSA) is 79.5 Å². The van der Waals surface area contributed by atoms with Crippen LogP contribution in [0.5, 0.6) is 0 Å². The van der Waals surface area contributed by atoms with Gasteiger partial charge in [-0.15, -0.1) is 0 Å². The third kappa shape index (κ3) is 5.76. The third-order valence-electron chi connectivity index (χ3n) is 2.96. The molecule has 3 atom stereocenters. The molecule has 1 rings (SSSR count). The average molecular weight is 289 g/mol. The average Bonchev–Trinajstić information content (AvgIpc) is 2.81. The predicted octanol–water partition coefficient (Wildman–Crippen LogP) is 1.50. The maximum Gasteiger partial charge on any atom is 0.151 e. The number of aliphatic hydroxyl groups excluding tert-OH is 1. The Kier molecular flexibility index (Phi) is 6.03. The van der Waals surface area contributed by atoms with Gasteiger partial charge in [0, 0.05) is 17.8 Å². The van der Waals surface area contributed by atoms with Gasteiger partial charge in [-0.1, -0.05) is 6.92 Å². The summed E-state index contributed by atoms with van der Waals surface area (Å²) in [5, 5.41) is 13.1. The molecule has 0 fully saturated rings. The van der Waals surface area contributed by atoms with Gasteiger partial charge in [0.05, 0.1) is 12.0 Å². The fraction of sp³-hybridized carbons (Fsp3) is 0.692. The molecule has 0 bridgehead atoms. The maximum atomic E-state index is 11.5. The lowest BCUT2D eigenvalue weighted by atomic mass is 10.1. The Balaban J connectivity index is 2.40. The molecular weight excluding hydrogens is 266 g/mol. The Morgan fingerprint density at radius 1 is 1.37 bits per heavy atom. The number of furan rings is 1. The second-order valence-corrected chi connectivity index (χ2v) is 7.33. The third-order valence-corrected chi connectivity index (χ3v) is 4.85. The summed E-state index contributed by atoms with van der Waals surface area (Å²) in [6, 6.07) is 3.32. The Morgan fingerprint density at radius 3 is 2.58 bits per heavy atom. The Bertz CT molecular complexity index is 455. The minimum absolute atomic E-state index is 0.00200. The van der Waals surface area contributed by atoms with Gasteiger partial charge in [0.2, 0.25) is 0 Å². The van der Waals surface area contributed by atoms with Crippen molar-refractivity contribution in [3.05, 3.63) is 24.2 Å². The van der Waals surface area contributed by atoms with Crippen LogP contribution in [0.15, 0.2) is 22.8 Å². The zero-order chi connectivity index (χ0) is 14.5. The van der Waals surface area contributed by atoms with Gasteiger partial charge in [-0.3, -0.25) is 0 Å². The molecule has 1 heterocycles. The van der Waals surface area contributed by atoms with Crippen LogP contribution in [0.2, 0.25) is 0 Å². The van der Waals surface area contributed by atoms with Crippen molar-refractivity contribution in [3.63, 3.8) is 0 Å². The van der Waals surface area contributed by atoms with E-state index in [0.717, 1.165) is 0 Å². The van der Waals surface area contributed by atoms with E-state index in [2.05, 4.69) is 5.32 Å². The van der Waals surface area contributed by atoms with E-state index in [9.17, 15) is 13.5 Å². The van der Waals surface area contributed by atoms with Crippen molar-refractivity contribution in [2.24, 2.45) is 0 Å². The molecule has 0 aliphatic heterocycles. The Morgan fingerprint density at radius 2 is 2.05 bits per heavy atom. The van der Waals surface area contributed by atoms with Crippen LogP contribution >= 0.6 is 0 Å². The summed E-state index contributed by atoms with van der Waals surface area (Å²) in [5.74, 6) is 0.801. The van der Waals surface area contributed by atoms with Gasteiger partial charge in [0.25, 0.3) is 0 Å². The van der Waals surface area contributed by atoms with E-state index >= 15 is 0 Å². The van der Waals surface area contributed by atoms with Gasteiger partial charge in [-0.05, 0) is 32.4 Å². The Labute approximate surface area is 114 Å². The molecule has 0 spiro atoms. The molecular formula is C13H23NO4S. The minimum Gasteiger partial charge on any atom is -0.467 e. The standard InChI is InChI=1S/C13H23NO4S/c1-4-19(16,17)9-11(3)14-10(2)8-12(15)13-6-5-7-18-13/h5-7,10-12,14-15H,4,8-9H2,1-3H3. The summed E-state index contributed by atoms with van der Waals surface area (Å²) >= 11 is 0. The molecule has 0 radical (unpaired) electrons. The summed E-state index contributed by atoms with van der Waals surface area (Å²) in [6.07, 6.45) is 1.32. The molecule has 0 amide bonds. The van der Waals surface area contributed by atoms with Gasteiger partial charge < -0.3 is 14.8 Å². The van der Waals surface area contributed by atoms with Gasteiger partial charge in [0.15, 0.2) is 9.84 Å². The van der Waals surface area contributed by atoms with Crippen molar-refractivity contribution in [3.8, 4) is 0 Å². The molecule has 6 heteroatoms. The first-order valence-electron chi connectivity index (χ1n) is 6.52. The van der Waals surface area contributed by atoms with E-state index < -0.39 is 15.9 Å². The lowest BCUT2D eigenvalue weighted by Gasteiger charge is -2.21. The van der Waals surface area contributed by atoms with E-state index in [0.29, 0.717) is 12.2 Å². The number of hydrogen-bond acceptors (Lipinski definition) is 5. The number of nitrogens with one attached hydrogen (secondary N) is 1. The molecule has 0 aliphatic carbocycles. The smallest absolute Gasteiger partial charge is 0.151 e. The van der Waals surface area contributed by atoms with Crippen LogP contribution in [-0.4, -0.2) is 37.1 Å². The molecule has 1 aromatic rings. The summed E-state index contributed by atoms with van der Waals surface area (Å²) < 4.78 is 28.1. The zero-order valence-corrected chi connectivity index (χ0v) is 12.5. The highest BCUT2D eigenvalue weighted by Crippen LogP contribution is 2.18. The SMILES string of the molecule is CCS(=O)(=O)CC(C)NC(C)CC(O)c1ccco1. The van der Waals surface area contributed by atoms with Crippen molar-refractivity contribution >= 4 is 9.84 Å². The highest BCUT2D eigenvalue weighted by Gasteiger charge is 2.18. The molecule has 19 heavy (non-hydrogen) atoms. The first-order valence-corrected chi connectivity index (χ1v) is 8.34. The monoisotopic (exact) mass is 289 g/mol. The number of sulfone groups is 1. The van der Waals surface area contributed by atoms with Crippen LogP contribution in [0.3, 0.4) is 0 Å². The van der Waals surface area contributed by atoms with Crippen molar-refractivity contribution in [1.29, 1.82) is 0 Å². The molecule has 0 saturated carbocycles. The molecule has 110 valence electrons. The fourth-order valence-corrected chi connectivity index (χ4v) is 3.13. The normalized spacial score (nSPS) is 17.1. The summed E-state index contributed by atoms with van der Waals surface area (Å²) in [4.78, 5) is 0. The number of aliphatic hydroxyl groups is 1. The van der Waals surface area contributed by atoms with Crippen LogP contribution in [0.25, 0.3) is 0 Å². The summed E-state index contributed by atoms with van der Waals surface area (Å²) in [5.41, 5.74) is 0. The fourth-order valence-electron chi connectivity index (χ4n) is 2.03. The molecule has 3 unspecified atom stereocenters. The van der Waals surface area contributed by atoms with Crippen molar-refractivity contribution in [1.82, 2.24) is 5.32 Å². The van der Waals surface area contributed by atoms with Gasteiger partial charge >= 0.3 is 0 Å². The zero-order valence-electron chi connectivity index (χ0n) is 11.7. The van der Waals surface area contributed by atoms with Gasteiger partial charge in [0.1, 0.15) is 11.9 Å². The number of hydrogen-bond donors (Lipinski definition) is 2. The largest absolute Gasteiger partial charge is 0.467 e. The van der Waals surface area contributed by atoms with E-state index in [1.165, 1.54) is 6.26 Å². The molecule has 0 aliphatic rings. The van der Waals surface area contributed by atoms with Gasteiger partial charge in [-0.2, -0.15) is 0 Å². The minimum atomic E-state index is -2.98. The van der Waals surface area contributed by atoms with Crippen LogP contribution in [0, 0.1) is 0 Å². The molecule has 0 saturated heterocycles. The Hall–Kier alpha value is -0.850. The van der Waals surface area contributed by atoms with E-state index in [-0.39, 0.29) is 23.6 Å². The number of rotatable bonds is 8. The van der Waals surface area contributed by atoms with E-state index in [1.54, 1.807) is 19.1 Å². The van der Waals surface area contributed by atoms with Crippen LogP contribution in [-0.2, 0) is 9.84 Å². The quantitative estimate of drug-likeness (QED) is 0.758. The highest BCUT2D eigenvalue weighted by molar-refractivity contribution is 7.91. The van der Waals surface area contributed by atoms with Crippen LogP contribution < -0.4 is 5.32 Å². The van der Waals surface area contributed by atoms with E-state index in [1.807, 2.05) is 13.8 Å². The second-order valence-electron chi connectivity index (χ2n) is 4.93. The second kappa shape index (κ2) is 7.07. The van der Waals surface area contributed by atoms with Crippen molar-refractivity contribution in [2.75, 3.05) is 11.5 Å². The molecule has 2 N–H and O–H groups in total. The van der Waals surface area contributed by atoms with Crippen molar-refractivity contribution < 1.29 is 17.9 Å². The summed E-state index contributed by atoms with van der Waals surface area (Å²) in [6.45, 7) is 5.40. The maximum absolute atomic E-state index is 11.5. The predicted molar refractivity (Wildman–Crippen MR) is 74.7 cm³/mol. The highest BCUT2D eigenvalue weighted by atomic mass is 32.2. The van der Waals surface area contributed by atoms with Gasteiger partial charge in [-0.25, -0.2) is 8.42 Å². The first kappa shape index (κ1) is 16.2.